The maximum absolute atomic E-state index is 13.1. The Kier molecular flexibility index (Phi) is 4.35. The number of benzene rings is 1. The zero-order chi connectivity index (χ0) is 23.1. The maximum Gasteiger partial charge on any atom is 0.238 e. The van der Waals surface area contributed by atoms with Crippen LogP contribution in [-0.4, -0.2) is 23.4 Å². The Morgan fingerprint density at radius 3 is 1.34 bits per heavy atom. The highest BCUT2D eigenvalue weighted by Gasteiger charge is 2.66. The highest BCUT2D eigenvalue weighted by molar-refractivity contribution is 6.16. The first-order valence-electron chi connectivity index (χ1n) is 11.8. The van der Waals surface area contributed by atoms with Gasteiger partial charge in [0.1, 0.15) is 10.8 Å². The summed E-state index contributed by atoms with van der Waals surface area (Å²) < 4.78 is 0. The third-order valence-corrected chi connectivity index (χ3v) is 9.38. The second-order valence-corrected chi connectivity index (χ2v) is 11.6. The van der Waals surface area contributed by atoms with Gasteiger partial charge < -0.3 is 10.6 Å². The van der Waals surface area contributed by atoms with Crippen LogP contribution in [0.1, 0.15) is 66.2 Å². The molecule has 32 heavy (non-hydrogen) atoms. The van der Waals surface area contributed by atoms with E-state index in [1.807, 2.05) is 27.7 Å². The van der Waals surface area contributed by atoms with E-state index >= 15 is 0 Å². The molecule has 0 spiro atoms. The fraction of sp³-hybridized carbons (Fsp3) is 0.615. The Balaban J connectivity index is 1.27. The van der Waals surface area contributed by atoms with E-state index in [4.69, 9.17) is 0 Å². The quantitative estimate of drug-likeness (QED) is 0.686. The molecule has 4 atom stereocenters. The van der Waals surface area contributed by atoms with Crippen LogP contribution in [0, 0.1) is 33.5 Å². The van der Waals surface area contributed by atoms with Crippen molar-refractivity contribution in [2.45, 2.75) is 66.2 Å². The topological polar surface area (TPSA) is 92.3 Å². The number of carbonyl (C=O) groups is 4. The summed E-state index contributed by atoms with van der Waals surface area (Å²) in [5.41, 5.74) is -1.49. The molecule has 4 aliphatic rings. The lowest BCUT2D eigenvalue weighted by Crippen LogP contribution is -2.44. The molecule has 0 unspecified atom stereocenters. The number of hydrogen-bond donors (Lipinski definition) is 2. The Bertz CT molecular complexity index is 957. The molecule has 4 bridgehead atoms. The highest BCUT2D eigenvalue weighted by Crippen LogP contribution is 2.61. The molecule has 0 aliphatic heterocycles. The number of amides is 2. The van der Waals surface area contributed by atoms with Crippen LogP contribution in [-0.2, 0) is 19.2 Å². The van der Waals surface area contributed by atoms with Gasteiger partial charge in [0.05, 0.1) is 0 Å². The number of nitrogens with one attached hydrogen (secondary N) is 2. The van der Waals surface area contributed by atoms with Crippen LogP contribution in [0.25, 0.3) is 0 Å². The van der Waals surface area contributed by atoms with E-state index in [9.17, 15) is 19.2 Å². The summed E-state index contributed by atoms with van der Waals surface area (Å²) in [5, 5.41) is 5.85. The van der Waals surface area contributed by atoms with E-state index in [1.165, 1.54) is 0 Å². The average molecular weight is 437 g/mol. The van der Waals surface area contributed by atoms with Gasteiger partial charge in [-0.15, -0.1) is 0 Å². The predicted octanol–water partition coefficient (Wildman–Crippen LogP) is 4.35. The van der Waals surface area contributed by atoms with Crippen molar-refractivity contribution in [3.05, 3.63) is 24.3 Å². The summed E-state index contributed by atoms with van der Waals surface area (Å²) in [6, 6.07) is 6.93. The van der Waals surface area contributed by atoms with Gasteiger partial charge >= 0.3 is 0 Å². The zero-order valence-electron chi connectivity index (χ0n) is 19.3. The van der Waals surface area contributed by atoms with E-state index in [0.717, 1.165) is 12.8 Å². The SMILES string of the molecule is CC1(C)C(=O)[C@@]2(C(=O)Nc3ccc(NC(=O)[C@@]45CC[C@H](C4)C(C)(C)C5=O)cc3)CC[C@H]1C2. The third kappa shape index (κ3) is 2.64. The van der Waals surface area contributed by atoms with E-state index in [0.29, 0.717) is 37.1 Å². The number of fused-ring (bicyclic) bond motifs is 4. The van der Waals surface area contributed by atoms with E-state index < -0.39 is 21.7 Å². The fourth-order valence-electron chi connectivity index (χ4n) is 7.10. The molecule has 4 aliphatic carbocycles. The van der Waals surface area contributed by atoms with Gasteiger partial charge in [-0.1, -0.05) is 27.7 Å². The largest absolute Gasteiger partial charge is 0.325 e. The standard InChI is InChI=1S/C26H32N2O4/c1-23(2)15-9-11-25(13-15,19(23)29)21(31)27-17-5-7-18(8-6-17)28-22(32)26-12-10-16(14-26)24(3,4)20(26)30/h5-8,15-16H,9-14H2,1-4H3,(H,27,31)(H,28,32)/t15-,16+,25+,26-. The normalized spacial score (nSPS) is 35.9. The van der Waals surface area contributed by atoms with Gasteiger partial charge in [-0.05, 0) is 74.6 Å². The van der Waals surface area contributed by atoms with Crippen LogP contribution in [0.5, 0.6) is 0 Å². The molecule has 4 saturated carbocycles. The number of anilines is 2. The lowest BCUT2D eigenvalue weighted by Gasteiger charge is -2.32. The number of rotatable bonds is 4. The maximum atomic E-state index is 13.1. The minimum Gasteiger partial charge on any atom is -0.325 e. The summed E-state index contributed by atoms with van der Waals surface area (Å²) in [4.78, 5) is 52.0. The van der Waals surface area contributed by atoms with Gasteiger partial charge in [0.15, 0.2) is 11.6 Å². The first-order chi connectivity index (χ1) is 14.9. The molecule has 5 rings (SSSR count). The van der Waals surface area contributed by atoms with Crippen molar-refractivity contribution in [2.24, 2.45) is 33.5 Å². The van der Waals surface area contributed by atoms with Crippen molar-refractivity contribution in [1.82, 2.24) is 0 Å². The summed E-state index contributed by atoms with van der Waals surface area (Å²) >= 11 is 0. The molecule has 1 aromatic carbocycles. The number of carbonyl (C=O) groups excluding carboxylic acids is 4. The van der Waals surface area contributed by atoms with Gasteiger partial charge in [0.25, 0.3) is 0 Å². The molecule has 2 amide bonds. The molecular weight excluding hydrogens is 404 g/mol. The third-order valence-electron chi connectivity index (χ3n) is 9.38. The van der Waals surface area contributed by atoms with Crippen LogP contribution >= 0.6 is 0 Å². The molecule has 6 heteroatoms. The first-order valence-corrected chi connectivity index (χ1v) is 11.8. The minimum absolute atomic E-state index is 0.0564. The smallest absolute Gasteiger partial charge is 0.238 e. The van der Waals surface area contributed by atoms with Gasteiger partial charge in [-0.3, -0.25) is 19.2 Å². The molecule has 6 nitrogen and oxygen atoms in total. The predicted molar refractivity (Wildman–Crippen MR) is 121 cm³/mol. The minimum atomic E-state index is -0.908. The summed E-state index contributed by atoms with van der Waals surface area (Å²) in [6.45, 7) is 7.81. The Morgan fingerprint density at radius 2 is 1.06 bits per heavy atom. The molecule has 0 aromatic heterocycles. The lowest BCUT2D eigenvalue weighted by molar-refractivity contribution is -0.143. The second kappa shape index (κ2) is 6.52. The molecule has 1 aromatic rings. The van der Waals surface area contributed by atoms with Gasteiger partial charge in [-0.2, -0.15) is 0 Å². The summed E-state index contributed by atoms with van der Waals surface area (Å²) in [5.74, 6) is 0.221. The molecule has 170 valence electrons. The first kappa shape index (κ1) is 21.4. The molecule has 0 radical (unpaired) electrons. The summed E-state index contributed by atoms with van der Waals surface area (Å²) in [7, 11) is 0. The summed E-state index contributed by atoms with van der Waals surface area (Å²) in [6.07, 6.45) is 4.32. The van der Waals surface area contributed by atoms with Gasteiger partial charge in [0, 0.05) is 22.2 Å². The molecular formula is C26H32N2O4. The molecule has 2 N–H and O–H groups in total. The van der Waals surface area contributed by atoms with Crippen molar-refractivity contribution < 1.29 is 19.2 Å². The van der Waals surface area contributed by atoms with Crippen LogP contribution < -0.4 is 10.6 Å². The molecule has 0 saturated heterocycles. The van der Waals surface area contributed by atoms with Crippen molar-refractivity contribution in [3.8, 4) is 0 Å². The van der Waals surface area contributed by atoms with Crippen LogP contribution in [0.15, 0.2) is 24.3 Å². The van der Waals surface area contributed by atoms with Crippen molar-refractivity contribution in [1.29, 1.82) is 0 Å². The van der Waals surface area contributed by atoms with E-state index in [-0.39, 0.29) is 35.2 Å². The second-order valence-electron chi connectivity index (χ2n) is 11.6. The number of hydrogen-bond acceptors (Lipinski definition) is 4. The Hall–Kier alpha value is -2.50. The number of ketones is 2. The Morgan fingerprint density at radius 1 is 0.719 bits per heavy atom. The average Bonchev–Trinajstić information content (AvgIpc) is 3.47. The van der Waals surface area contributed by atoms with Crippen LogP contribution in [0.3, 0.4) is 0 Å². The van der Waals surface area contributed by atoms with Crippen molar-refractivity contribution >= 4 is 34.8 Å². The van der Waals surface area contributed by atoms with E-state index in [1.54, 1.807) is 24.3 Å². The highest BCUT2D eigenvalue weighted by atomic mass is 16.2. The molecule has 0 heterocycles. The van der Waals surface area contributed by atoms with Crippen LogP contribution in [0.2, 0.25) is 0 Å². The zero-order valence-corrected chi connectivity index (χ0v) is 19.3. The lowest BCUT2D eigenvalue weighted by atomic mass is 9.70. The molecule has 4 fully saturated rings. The van der Waals surface area contributed by atoms with Crippen molar-refractivity contribution in [2.75, 3.05) is 10.6 Å². The Labute approximate surface area is 188 Å². The van der Waals surface area contributed by atoms with Crippen molar-refractivity contribution in [3.63, 3.8) is 0 Å². The fourth-order valence-corrected chi connectivity index (χ4v) is 7.10. The van der Waals surface area contributed by atoms with E-state index in [2.05, 4.69) is 10.6 Å². The monoisotopic (exact) mass is 436 g/mol. The number of Topliss-reactive ketones (excluding diaryl/α,β-unsaturated/α-hetero) is 2. The van der Waals surface area contributed by atoms with Crippen LogP contribution in [0.4, 0.5) is 11.4 Å². The van der Waals surface area contributed by atoms with Gasteiger partial charge in [-0.25, -0.2) is 0 Å². The van der Waals surface area contributed by atoms with Gasteiger partial charge in [0.2, 0.25) is 11.8 Å².